The highest BCUT2D eigenvalue weighted by molar-refractivity contribution is 8.00. The fraction of sp³-hybridized carbons (Fsp3) is 0.273. The maximum absolute atomic E-state index is 11.5. The number of carbonyl (C=O) groups excluding carboxylic acids is 2. The zero-order chi connectivity index (χ0) is 14.3. The first-order chi connectivity index (χ1) is 8.99. The maximum Gasteiger partial charge on any atom is 0.326 e. The molecular weight excluding hydrogens is 270 g/mol. The van der Waals surface area contributed by atoms with E-state index in [1.54, 1.807) is 24.5 Å². The van der Waals surface area contributed by atoms with Crippen LogP contribution in [0.5, 0.6) is 0 Å². The summed E-state index contributed by atoms with van der Waals surface area (Å²) in [4.78, 5) is 37.7. The fourth-order valence-electron chi connectivity index (χ4n) is 1.22. The first-order valence-electron chi connectivity index (χ1n) is 5.32. The number of hydrogen-bond donors (Lipinski definition) is 3. The summed E-state index contributed by atoms with van der Waals surface area (Å²) < 4.78 is 0. The van der Waals surface area contributed by atoms with Crippen molar-refractivity contribution in [3.63, 3.8) is 0 Å². The lowest BCUT2D eigenvalue weighted by molar-refractivity contribution is -0.143. The molecule has 7 nitrogen and oxygen atoms in total. The number of thioether (sulfide) groups is 1. The number of carboxylic acids is 1. The molecule has 0 radical (unpaired) electrons. The van der Waals surface area contributed by atoms with E-state index < -0.39 is 30.2 Å². The van der Waals surface area contributed by atoms with E-state index in [0.717, 1.165) is 4.90 Å². The first kappa shape index (κ1) is 15.0. The van der Waals surface area contributed by atoms with Crippen molar-refractivity contribution in [3.8, 4) is 0 Å². The van der Waals surface area contributed by atoms with E-state index in [9.17, 15) is 14.4 Å². The molecule has 0 bridgehead atoms. The number of aliphatic carboxylic acids is 1. The maximum atomic E-state index is 11.5. The summed E-state index contributed by atoms with van der Waals surface area (Å²) in [5.74, 6) is -2.50. The minimum Gasteiger partial charge on any atom is -0.480 e. The summed E-state index contributed by atoms with van der Waals surface area (Å²) in [5.41, 5.74) is 4.91. The van der Waals surface area contributed by atoms with E-state index in [-0.39, 0.29) is 5.75 Å². The minimum absolute atomic E-state index is 0.0482. The molecule has 0 aliphatic rings. The smallest absolute Gasteiger partial charge is 0.326 e. The van der Waals surface area contributed by atoms with Gasteiger partial charge in [0.1, 0.15) is 6.04 Å². The number of aromatic nitrogens is 1. The van der Waals surface area contributed by atoms with Crippen LogP contribution in [0.15, 0.2) is 29.4 Å². The summed E-state index contributed by atoms with van der Waals surface area (Å²) in [5, 5.41) is 11.1. The number of primary amides is 1. The lowest BCUT2D eigenvalue weighted by Crippen LogP contribution is -2.44. The van der Waals surface area contributed by atoms with Crippen LogP contribution >= 0.6 is 11.8 Å². The minimum atomic E-state index is -1.29. The van der Waals surface area contributed by atoms with E-state index in [4.69, 9.17) is 10.8 Å². The molecule has 102 valence electrons. The average Bonchev–Trinajstić information content (AvgIpc) is 2.36. The Bertz CT molecular complexity index is 466. The summed E-state index contributed by atoms with van der Waals surface area (Å²) >= 11 is 1.24. The Morgan fingerprint density at radius 2 is 2.00 bits per heavy atom. The molecule has 4 N–H and O–H groups in total. The van der Waals surface area contributed by atoms with Crippen molar-refractivity contribution in [2.75, 3.05) is 5.75 Å². The lowest BCUT2D eigenvalue weighted by Gasteiger charge is -2.12. The van der Waals surface area contributed by atoms with E-state index in [0.29, 0.717) is 0 Å². The number of carbonyl (C=O) groups is 3. The number of nitrogens with zero attached hydrogens (tertiary/aromatic N) is 1. The molecule has 19 heavy (non-hydrogen) atoms. The molecule has 0 aliphatic carbocycles. The zero-order valence-electron chi connectivity index (χ0n) is 9.91. The standard InChI is InChI=1S/C11H13N3O4S/c12-9(15)5-8(11(17)18)14-10(16)6-19-7-1-3-13-4-2-7/h1-4,8H,5-6H2,(H2,12,15)(H,14,16)(H,17,18). The van der Waals surface area contributed by atoms with E-state index in [1.165, 1.54) is 11.8 Å². The molecule has 0 fully saturated rings. The molecule has 1 aromatic rings. The molecule has 1 rings (SSSR count). The van der Waals surface area contributed by atoms with Crippen LogP contribution in [0.3, 0.4) is 0 Å². The normalized spacial score (nSPS) is 11.6. The van der Waals surface area contributed by atoms with Gasteiger partial charge in [0.15, 0.2) is 0 Å². The van der Waals surface area contributed by atoms with E-state index >= 15 is 0 Å². The Hall–Kier alpha value is -2.09. The van der Waals surface area contributed by atoms with Gasteiger partial charge < -0.3 is 16.2 Å². The SMILES string of the molecule is NC(=O)CC(NC(=O)CSc1ccncc1)C(=O)O. The highest BCUT2D eigenvalue weighted by Crippen LogP contribution is 2.15. The number of carboxylic acid groups (broad SMARTS) is 1. The van der Waals surface area contributed by atoms with Crippen LogP contribution < -0.4 is 11.1 Å². The van der Waals surface area contributed by atoms with E-state index in [1.807, 2.05) is 0 Å². The number of rotatable bonds is 7. The molecule has 8 heteroatoms. The molecule has 0 saturated carbocycles. The van der Waals surface area contributed by atoms with Crippen LogP contribution in [-0.4, -0.2) is 39.7 Å². The summed E-state index contributed by atoms with van der Waals surface area (Å²) in [6.45, 7) is 0. The fourth-order valence-corrected chi connectivity index (χ4v) is 1.92. The second-order valence-corrected chi connectivity index (χ2v) is 4.65. The van der Waals surface area contributed by atoms with Crippen molar-refractivity contribution in [3.05, 3.63) is 24.5 Å². The van der Waals surface area contributed by atoms with Crippen molar-refractivity contribution < 1.29 is 19.5 Å². The van der Waals surface area contributed by atoms with Gasteiger partial charge in [0.05, 0.1) is 12.2 Å². The van der Waals surface area contributed by atoms with Crippen LogP contribution in [0.1, 0.15) is 6.42 Å². The number of nitrogens with one attached hydrogen (secondary N) is 1. The van der Waals surface area contributed by atoms with Gasteiger partial charge in [-0.25, -0.2) is 4.79 Å². The van der Waals surface area contributed by atoms with Gasteiger partial charge in [-0.05, 0) is 12.1 Å². The lowest BCUT2D eigenvalue weighted by atomic mass is 10.2. The first-order valence-corrected chi connectivity index (χ1v) is 6.31. The molecule has 0 spiro atoms. The van der Waals surface area contributed by atoms with Crippen LogP contribution in [-0.2, 0) is 14.4 Å². The van der Waals surface area contributed by atoms with Crippen molar-refractivity contribution in [1.82, 2.24) is 10.3 Å². The highest BCUT2D eigenvalue weighted by atomic mass is 32.2. The zero-order valence-corrected chi connectivity index (χ0v) is 10.7. The van der Waals surface area contributed by atoms with Gasteiger partial charge in [-0.2, -0.15) is 0 Å². The molecule has 0 aromatic carbocycles. The monoisotopic (exact) mass is 283 g/mol. The predicted molar refractivity (Wildman–Crippen MR) is 68.3 cm³/mol. The number of amides is 2. The average molecular weight is 283 g/mol. The van der Waals surface area contributed by atoms with Gasteiger partial charge in [-0.3, -0.25) is 14.6 Å². The summed E-state index contributed by atoms with van der Waals surface area (Å²) in [6, 6.07) is 2.18. The van der Waals surface area contributed by atoms with Gasteiger partial charge in [-0.15, -0.1) is 11.8 Å². The molecule has 2 amide bonds. The molecule has 1 atom stereocenters. The summed E-state index contributed by atoms with van der Waals surface area (Å²) in [6.07, 6.45) is 2.75. The Morgan fingerprint density at radius 1 is 1.37 bits per heavy atom. The Labute approximate surface area is 113 Å². The van der Waals surface area contributed by atoms with Gasteiger partial charge in [0.25, 0.3) is 0 Å². The quantitative estimate of drug-likeness (QED) is 0.586. The van der Waals surface area contributed by atoms with Crippen molar-refractivity contribution >= 4 is 29.5 Å². The third kappa shape index (κ3) is 5.87. The van der Waals surface area contributed by atoms with Gasteiger partial charge >= 0.3 is 5.97 Å². The third-order valence-corrected chi connectivity index (χ3v) is 3.07. The number of nitrogens with two attached hydrogens (primary N) is 1. The molecule has 0 aliphatic heterocycles. The highest BCUT2D eigenvalue weighted by Gasteiger charge is 2.21. The topological polar surface area (TPSA) is 122 Å². The number of hydrogen-bond acceptors (Lipinski definition) is 5. The van der Waals surface area contributed by atoms with Crippen molar-refractivity contribution in [1.29, 1.82) is 0 Å². The Balaban J connectivity index is 2.45. The van der Waals surface area contributed by atoms with Crippen LogP contribution in [0, 0.1) is 0 Å². The largest absolute Gasteiger partial charge is 0.480 e. The second kappa shape index (κ2) is 7.37. The van der Waals surface area contributed by atoms with E-state index in [2.05, 4.69) is 10.3 Å². The van der Waals surface area contributed by atoms with Crippen molar-refractivity contribution in [2.45, 2.75) is 17.4 Å². The molecule has 1 heterocycles. The molecule has 1 unspecified atom stereocenters. The third-order valence-electron chi connectivity index (χ3n) is 2.06. The van der Waals surface area contributed by atoms with Crippen LogP contribution in [0.4, 0.5) is 0 Å². The molecular formula is C11H13N3O4S. The van der Waals surface area contributed by atoms with Crippen molar-refractivity contribution in [2.24, 2.45) is 5.73 Å². The predicted octanol–water partition coefficient (Wildman–Crippen LogP) is -0.382. The molecule has 0 saturated heterocycles. The molecule has 1 aromatic heterocycles. The second-order valence-electron chi connectivity index (χ2n) is 3.60. The van der Waals surface area contributed by atoms with Crippen LogP contribution in [0.2, 0.25) is 0 Å². The Kier molecular flexibility index (Phi) is 5.80. The van der Waals surface area contributed by atoms with Gasteiger partial charge in [-0.1, -0.05) is 0 Å². The van der Waals surface area contributed by atoms with Gasteiger partial charge in [0.2, 0.25) is 11.8 Å². The Morgan fingerprint density at radius 3 is 2.53 bits per heavy atom. The van der Waals surface area contributed by atoms with Crippen LogP contribution in [0.25, 0.3) is 0 Å². The van der Waals surface area contributed by atoms with Gasteiger partial charge in [0, 0.05) is 17.3 Å². The number of pyridine rings is 1. The summed E-state index contributed by atoms with van der Waals surface area (Å²) in [7, 11) is 0.